The standard InChI is InChI=1S/C60H65BN2/c1-38-18-15-16-21-48(38)49-29-22-41(32-39(49)2)40-19-17-20-47(33-40)63-53-35-44(59(9,10)11)26-31-51(53)61-50-30-25-43(58(6,7)8)34-52(50)62(46-27-23-42(24-28-46)57(3,4)5)54-36-45(60(12,13)14)37-55(63)56(54)61/h15-37H,1-14H3. The molecule has 0 radical (unpaired) electrons. The highest BCUT2D eigenvalue weighted by atomic mass is 15.2. The fourth-order valence-corrected chi connectivity index (χ4v) is 9.87. The molecule has 0 amide bonds. The van der Waals surface area contributed by atoms with E-state index >= 15 is 0 Å². The minimum Gasteiger partial charge on any atom is -0.311 e. The van der Waals surface area contributed by atoms with Gasteiger partial charge in [-0.3, -0.25) is 0 Å². The molecule has 3 heteroatoms. The van der Waals surface area contributed by atoms with E-state index < -0.39 is 0 Å². The quantitative estimate of drug-likeness (QED) is 0.163. The van der Waals surface area contributed by atoms with Crippen LogP contribution in [0.2, 0.25) is 0 Å². The molecule has 0 unspecified atom stereocenters. The predicted octanol–water partition coefficient (Wildman–Crippen LogP) is 14.9. The van der Waals surface area contributed by atoms with Gasteiger partial charge in [0, 0.05) is 34.1 Å². The van der Waals surface area contributed by atoms with Crippen LogP contribution in [0.15, 0.2) is 140 Å². The van der Waals surface area contributed by atoms with Gasteiger partial charge in [-0.15, -0.1) is 0 Å². The largest absolute Gasteiger partial charge is 0.311 e. The molecule has 2 heterocycles. The van der Waals surface area contributed by atoms with Crippen molar-refractivity contribution >= 4 is 57.2 Å². The molecule has 7 aromatic carbocycles. The summed E-state index contributed by atoms with van der Waals surface area (Å²) in [5.41, 5.74) is 24.3. The van der Waals surface area contributed by atoms with Gasteiger partial charge >= 0.3 is 0 Å². The SMILES string of the molecule is Cc1ccccc1-c1ccc(-c2cccc(N3c4cc(C(C)(C)C)ccc4B4c5ccc(C(C)(C)C)cc5N(c5ccc(C(C)(C)C)cc5)c5cc(C(C)(C)C)cc3c54)c2)cc1C. The highest BCUT2D eigenvalue weighted by molar-refractivity contribution is 7.00. The van der Waals surface area contributed by atoms with Crippen molar-refractivity contribution in [1.29, 1.82) is 0 Å². The molecule has 63 heavy (non-hydrogen) atoms. The first-order chi connectivity index (χ1) is 29.6. The van der Waals surface area contributed by atoms with E-state index in [4.69, 9.17) is 0 Å². The molecule has 0 fully saturated rings. The number of hydrogen-bond donors (Lipinski definition) is 0. The number of anilines is 6. The third-order valence-electron chi connectivity index (χ3n) is 13.8. The van der Waals surface area contributed by atoms with E-state index in [1.807, 2.05) is 0 Å². The monoisotopic (exact) mass is 825 g/mol. The lowest BCUT2D eigenvalue weighted by atomic mass is 9.33. The van der Waals surface area contributed by atoms with Crippen LogP contribution in [0.1, 0.15) is 116 Å². The van der Waals surface area contributed by atoms with Crippen LogP contribution in [0.3, 0.4) is 0 Å². The van der Waals surface area contributed by atoms with Gasteiger partial charge < -0.3 is 9.80 Å². The molecule has 0 saturated heterocycles. The van der Waals surface area contributed by atoms with Crippen molar-refractivity contribution in [1.82, 2.24) is 0 Å². The van der Waals surface area contributed by atoms with Gasteiger partial charge in [0.25, 0.3) is 6.71 Å². The zero-order valence-electron chi connectivity index (χ0n) is 40.3. The van der Waals surface area contributed by atoms with E-state index in [1.54, 1.807) is 0 Å². The molecule has 0 aromatic heterocycles. The molecule has 9 rings (SSSR count). The topological polar surface area (TPSA) is 6.48 Å². The minimum atomic E-state index is -0.103. The number of aryl methyl sites for hydroxylation is 2. The van der Waals surface area contributed by atoms with Crippen LogP contribution >= 0.6 is 0 Å². The lowest BCUT2D eigenvalue weighted by Gasteiger charge is -2.45. The Bertz CT molecular complexity index is 2910. The van der Waals surface area contributed by atoms with Gasteiger partial charge in [0.1, 0.15) is 0 Å². The molecule has 0 aliphatic carbocycles. The molecule has 2 nitrogen and oxygen atoms in total. The molecular formula is C60H65BN2. The summed E-state index contributed by atoms with van der Waals surface area (Å²) in [4.78, 5) is 5.19. The van der Waals surface area contributed by atoms with Crippen molar-refractivity contribution in [3.8, 4) is 22.3 Å². The van der Waals surface area contributed by atoms with E-state index in [1.165, 1.54) is 106 Å². The Kier molecular flexibility index (Phi) is 10.1. The summed E-state index contributed by atoms with van der Waals surface area (Å²) < 4.78 is 0. The van der Waals surface area contributed by atoms with Crippen molar-refractivity contribution in [3.05, 3.63) is 173 Å². The summed E-state index contributed by atoms with van der Waals surface area (Å²) in [6.45, 7) is 32.5. The van der Waals surface area contributed by atoms with E-state index in [2.05, 4.69) is 246 Å². The lowest BCUT2D eigenvalue weighted by molar-refractivity contribution is 0.589. The predicted molar refractivity (Wildman–Crippen MR) is 276 cm³/mol. The van der Waals surface area contributed by atoms with E-state index in [-0.39, 0.29) is 28.4 Å². The first kappa shape index (κ1) is 42.5. The summed E-state index contributed by atoms with van der Waals surface area (Å²) in [5, 5.41) is 0. The fourth-order valence-electron chi connectivity index (χ4n) is 9.87. The lowest BCUT2D eigenvalue weighted by Crippen LogP contribution is -2.61. The molecule has 318 valence electrons. The Morgan fingerprint density at radius 3 is 1.35 bits per heavy atom. The van der Waals surface area contributed by atoms with E-state index in [0.29, 0.717) is 0 Å². The van der Waals surface area contributed by atoms with Crippen molar-refractivity contribution in [2.24, 2.45) is 0 Å². The molecular weight excluding hydrogens is 759 g/mol. The normalized spacial score (nSPS) is 13.8. The van der Waals surface area contributed by atoms with Crippen LogP contribution in [-0.4, -0.2) is 6.71 Å². The second-order valence-corrected chi connectivity index (χ2v) is 22.5. The van der Waals surface area contributed by atoms with Gasteiger partial charge in [-0.2, -0.15) is 0 Å². The number of hydrogen-bond acceptors (Lipinski definition) is 2. The summed E-state index contributed by atoms with van der Waals surface area (Å²) in [6, 6.07) is 54.0. The maximum absolute atomic E-state index is 2.60. The summed E-state index contributed by atoms with van der Waals surface area (Å²) in [6.07, 6.45) is 0. The van der Waals surface area contributed by atoms with E-state index in [9.17, 15) is 0 Å². The molecule has 0 bridgehead atoms. The molecule has 0 spiro atoms. The maximum Gasteiger partial charge on any atom is 0.252 e. The van der Waals surface area contributed by atoms with Crippen LogP contribution in [-0.2, 0) is 21.7 Å². The second kappa shape index (κ2) is 14.9. The van der Waals surface area contributed by atoms with Gasteiger partial charge in [0.05, 0.1) is 0 Å². The Morgan fingerprint density at radius 1 is 0.349 bits per heavy atom. The van der Waals surface area contributed by atoms with Gasteiger partial charge in [-0.25, -0.2) is 0 Å². The molecule has 2 aliphatic heterocycles. The Morgan fingerprint density at radius 2 is 0.825 bits per heavy atom. The number of rotatable bonds is 4. The van der Waals surface area contributed by atoms with Crippen LogP contribution in [0.5, 0.6) is 0 Å². The van der Waals surface area contributed by atoms with Gasteiger partial charge in [0.15, 0.2) is 0 Å². The van der Waals surface area contributed by atoms with Crippen LogP contribution in [0.25, 0.3) is 22.3 Å². The first-order valence-corrected chi connectivity index (χ1v) is 23.0. The Balaban J connectivity index is 1.32. The number of nitrogens with zero attached hydrogens (tertiary/aromatic N) is 2. The second-order valence-electron chi connectivity index (χ2n) is 22.5. The minimum absolute atomic E-state index is 0.0112. The van der Waals surface area contributed by atoms with Crippen LogP contribution < -0.4 is 26.2 Å². The zero-order chi connectivity index (χ0) is 45.0. The van der Waals surface area contributed by atoms with Gasteiger partial charge in [-0.05, 0) is 156 Å². The first-order valence-electron chi connectivity index (χ1n) is 23.0. The molecule has 0 N–H and O–H groups in total. The Hall–Kier alpha value is -5.80. The summed E-state index contributed by atoms with van der Waals surface area (Å²) in [7, 11) is 0. The maximum atomic E-state index is 2.60. The summed E-state index contributed by atoms with van der Waals surface area (Å²) >= 11 is 0. The molecule has 2 aliphatic rings. The third kappa shape index (κ3) is 7.52. The van der Waals surface area contributed by atoms with Crippen molar-refractivity contribution < 1.29 is 0 Å². The third-order valence-corrected chi connectivity index (χ3v) is 13.8. The smallest absolute Gasteiger partial charge is 0.252 e. The fraction of sp³-hybridized carbons (Fsp3) is 0.300. The molecule has 0 atom stereocenters. The van der Waals surface area contributed by atoms with Crippen LogP contribution in [0.4, 0.5) is 34.1 Å². The number of fused-ring (bicyclic) bond motifs is 4. The van der Waals surface area contributed by atoms with Crippen molar-refractivity contribution in [2.45, 2.75) is 119 Å². The average molecular weight is 825 g/mol. The summed E-state index contributed by atoms with van der Waals surface area (Å²) in [5.74, 6) is 0. The molecule has 0 saturated carbocycles. The Labute approximate surface area is 379 Å². The highest BCUT2D eigenvalue weighted by Gasteiger charge is 2.45. The molecule has 7 aromatic rings. The van der Waals surface area contributed by atoms with E-state index in [0.717, 1.165) is 0 Å². The van der Waals surface area contributed by atoms with Gasteiger partial charge in [-0.1, -0.05) is 174 Å². The zero-order valence-corrected chi connectivity index (χ0v) is 40.3. The van der Waals surface area contributed by atoms with Crippen molar-refractivity contribution in [2.75, 3.05) is 9.80 Å². The average Bonchev–Trinajstić information content (AvgIpc) is 3.22. The van der Waals surface area contributed by atoms with Crippen LogP contribution in [0, 0.1) is 13.8 Å². The number of benzene rings is 7. The van der Waals surface area contributed by atoms with Crippen molar-refractivity contribution in [3.63, 3.8) is 0 Å². The highest BCUT2D eigenvalue weighted by Crippen LogP contribution is 2.48. The van der Waals surface area contributed by atoms with Gasteiger partial charge in [0.2, 0.25) is 0 Å².